The molecule has 0 bridgehead atoms. The first-order chi connectivity index (χ1) is 7.50. The van der Waals surface area contributed by atoms with Crippen LogP contribution >= 0.6 is 0 Å². The van der Waals surface area contributed by atoms with Gasteiger partial charge in [-0.2, -0.15) is 0 Å². The maximum absolute atomic E-state index is 13.0. The molecule has 0 aromatic heterocycles. The molecule has 0 spiro atoms. The highest BCUT2D eigenvalue weighted by Crippen LogP contribution is 2.24. The fraction of sp³-hybridized carbons (Fsp3) is 0.500. The van der Waals surface area contributed by atoms with Crippen molar-refractivity contribution < 1.29 is 14.2 Å². The minimum atomic E-state index is -0.424. The van der Waals surface area contributed by atoms with E-state index in [4.69, 9.17) is 15.6 Å². The van der Waals surface area contributed by atoms with Crippen LogP contribution < -0.4 is 10.5 Å². The van der Waals surface area contributed by atoms with E-state index in [1.807, 2.05) is 6.92 Å². The molecular weight excluding hydrogens is 209 g/mol. The summed E-state index contributed by atoms with van der Waals surface area (Å²) in [4.78, 5) is 0. The van der Waals surface area contributed by atoms with Crippen molar-refractivity contribution in [2.45, 2.75) is 32.4 Å². The summed E-state index contributed by atoms with van der Waals surface area (Å²) >= 11 is 0. The molecule has 0 saturated carbocycles. The summed E-state index contributed by atoms with van der Waals surface area (Å²) in [6.45, 7) is 3.84. The molecule has 1 rings (SSSR count). The van der Waals surface area contributed by atoms with Gasteiger partial charge in [0.1, 0.15) is 11.6 Å². The first-order valence-electron chi connectivity index (χ1n) is 5.36. The Labute approximate surface area is 95.0 Å². The average molecular weight is 227 g/mol. The van der Waals surface area contributed by atoms with Gasteiger partial charge in [0.05, 0.1) is 12.7 Å². The first kappa shape index (κ1) is 12.9. The first-order valence-corrected chi connectivity index (χ1v) is 5.36. The normalized spacial score (nSPS) is 14.6. The van der Waals surface area contributed by atoms with Crippen LogP contribution in [-0.4, -0.2) is 17.8 Å². The molecule has 3 nitrogen and oxygen atoms in total. The van der Waals surface area contributed by atoms with Gasteiger partial charge >= 0.3 is 0 Å². The highest BCUT2D eigenvalue weighted by atomic mass is 19.1. The zero-order valence-electron chi connectivity index (χ0n) is 9.61. The molecule has 0 aliphatic rings. The van der Waals surface area contributed by atoms with Crippen molar-refractivity contribution in [1.29, 1.82) is 0 Å². The summed E-state index contributed by atoms with van der Waals surface area (Å²) in [5, 5.41) is 9.08. The van der Waals surface area contributed by atoms with Gasteiger partial charge in [-0.1, -0.05) is 6.07 Å². The molecule has 0 amide bonds. The van der Waals surface area contributed by atoms with Gasteiger partial charge in [0, 0.05) is 24.1 Å². The zero-order valence-corrected chi connectivity index (χ0v) is 9.61. The number of benzene rings is 1. The molecule has 2 atom stereocenters. The smallest absolute Gasteiger partial charge is 0.126 e. The number of ether oxygens (including phenoxy) is 1. The lowest BCUT2D eigenvalue weighted by molar-refractivity contribution is 0.155. The van der Waals surface area contributed by atoms with Crippen LogP contribution in [-0.2, 0) is 0 Å². The van der Waals surface area contributed by atoms with Crippen molar-refractivity contribution in [1.82, 2.24) is 0 Å². The van der Waals surface area contributed by atoms with Crippen LogP contribution in [0.5, 0.6) is 5.75 Å². The molecule has 1 aromatic rings. The monoisotopic (exact) mass is 227 g/mol. The summed E-state index contributed by atoms with van der Waals surface area (Å²) in [7, 11) is 0. The van der Waals surface area contributed by atoms with E-state index in [1.54, 1.807) is 13.0 Å². The van der Waals surface area contributed by atoms with Crippen LogP contribution in [0.2, 0.25) is 0 Å². The van der Waals surface area contributed by atoms with E-state index in [-0.39, 0.29) is 11.9 Å². The Balaban J connectivity index is 2.72. The van der Waals surface area contributed by atoms with E-state index >= 15 is 0 Å². The summed E-state index contributed by atoms with van der Waals surface area (Å²) < 4.78 is 18.4. The summed E-state index contributed by atoms with van der Waals surface area (Å²) in [5.74, 6) is 0.104. The van der Waals surface area contributed by atoms with Crippen LogP contribution in [0.25, 0.3) is 0 Å². The molecular formula is C12H18FNO2. The van der Waals surface area contributed by atoms with Gasteiger partial charge in [-0.25, -0.2) is 4.39 Å². The fourth-order valence-electron chi connectivity index (χ4n) is 1.35. The largest absolute Gasteiger partial charge is 0.493 e. The standard InChI is InChI=1S/C12H18FNO2/c1-8(15)5-6-16-12-7-10(13)3-4-11(12)9(2)14/h3-4,7-9,15H,5-6,14H2,1-2H3/t8?,9-/m1/s1. The molecule has 4 heteroatoms. The van der Waals surface area contributed by atoms with E-state index in [1.165, 1.54) is 12.1 Å². The third-order valence-corrected chi connectivity index (χ3v) is 2.26. The Morgan fingerprint density at radius 3 is 2.69 bits per heavy atom. The van der Waals surface area contributed by atoms with E-state index in [0.717, 1.165) is 5.56 Å². The third kappa shape index (κ3) is 3.79. The van der Waals surface area contributed by atoms with Gasteiger partial charge in [-0.05, 0) is 19.9 Å². The Morgan fingerprint density at radius 1 is 1.44 bits per heavy atom. The minimum Gasteiger partial charge on any atom is -0.493 e. The Hall–Kier alpha value is -1.13. The van der Waals surface area contributed by atoms with Gasteiger partial charge in [0.25, 0.3) is 0 Å². The van der Waals surface area contributed by atoms with Crippen LogP contribution in [0.3, 0.4) is 0 Å². The number of halogens is 1. The zero-order chi connectivity index (χ0) is 12.1. The van der Waals surface area contributed by atoms with Gasteiger partial charge in [-0.15, -0.1) is 0 Å². The lowest BCUT2D eigenvalue weighted by Crippen LogP contribution is -2.11. The van der Waals surface area contributed by atoms with Crippen molar-refractivity contribution in [2.75, 3.05) is 6.61 Å². The molecule has 0 radical (unpaired) electrons. The van der Waals surface area contributed by atoms with Crippen LogP contribution in [0.1, 0.15) is 31.9 Å². The number of aliphatic hydroxyl groups is 1. The number of hydrogen-bond acceptors (Lipinski definition) is 3. The molecule has 16 heavy (non-hydrogen) atoms. The van der Waals surface area contributed by atoms with Crippen molar-refractivity contribution >= 4 is 0 Å². The molecule has 1 unspecified atom stereocenters. The Bertz CT molecular complexity index is 340. The maximum Gasteiger partial charge on any atom is 0.126 e. The summed E-state index contributed by atoms with van der Waals surface area (Å²) in [6, 6.07) is 4.10. The molecule has 0 aliphatic heterocycles. The van der Waals surface area contributed by atoms with E-state index in [9.17, 15) is 4.39 Å². The maximum atomic E-state index is 13.0. The van der Waals surface area contributed by atoms with Crippen molar-refractivity contribution in [3.8, 4) is 5.75 Å². The van der Waals surface area contributed by atoms with Crippen LogP contribution in [0.4, 0.5) is 4.39 Å². The molecule has 3 N–H and O–H groups in total. The highest BCUT2D eigenvalue weighted by Gasteiger charge is 2.09. The molecule has 0 saturated heterocycles. The number of rotatable bonds is 5. The molecule has 90 valence electrons. The second kappa shape index (κ2) is 5.82. The van der Waals surface area contributed by atoms with Gasteiger partial charge in [-0.3, -0.25) is 0 Å². The number of aliphatic hydroxyl groups excluding tert-OH is 1. The van der Waals surface area contributed by atoms with E-state index < -0.39 is 6.10 Å². The fourth-order valence-corrected chi connectivity index (χ4v) is 1.35. The van der Waals surface area contributed by atoms with Crippen molar-refractivity contribution in [3.05, 3.63) is 29.6 Å². The van der Waals surface area contributed by atoms with E-state index in [0.29, 0.717) is 18.8 Å². The quantitative estimate of drug-likeness (QED) is 0.808. The minimum absolute atomic E-state index is 0.206. The number of hydrogen-bond donors (Lipinski definition) is 2. The van der Waals surface area contributed by atoms with E-state index in [2.05, 4.69) is 0 Å². The third-order valence-electron chi connectivity index (χ3n) is 2.26. The SMILES string of the molecule is CC(O)CCOc1cc(F)ccc1[C@@H](C)N. The van der Waals surface area contributed by atoms with Crippen LogP contribution in [0, 0.1) is 5.82 Å². The van der Waals surface area contributed by atoms with Gasteiger partial charge in [0.15, 0.2) is 0 Å². The highest BCUT2D eigenvalue weighted by molar-refractivity contribution is 5.36. The van der Waals surface area contributed by atoms with Crippen molar-refractivity contribution in [3.63, 3.8) is 0 Å². The van der Waals surface area contributed by atoms with Gasteiger partial charge in [0.2, 0.25) is 0 Å². The summed E-state index contributed by atoms with van der Waals surface area (Å²) in [6.07, 6.45) is 0.0850. The molecule has 0 aliphatic carbocycles. The topological polar surface area (TPSA) is 55.5 Å². The second-order valence-corrected chi connectivity index (χ2v) is 3.96. The lowest BCUT2D eigenvalue weighted by atomic mass is 10.1. The Kier molecular flexibility index (Phi) is 4.71. The predicted octanol–water partition coefficient (Wildman–Crippen LogP) is 2.00. The molecule has 0 fully saturated rings. The number of nitrogens with two attached hydrogens (primary N) is 1. The Morgan fingerprint density at radius 2 is 2.12 bits per heavy atom. The van der Waals surface area contributed by atoms with Gasteiger partial charge < -0.3 is 15.6 Å². The molecule has 0 heterocycles. The molecule has 1 aromatic carbocycles. The lowest BCUT2D eigenvalue weighted by Gasteiger charge is -2.14. The average Bonchev–Trinajstić information content (AvgIpc) is 2.16. The second-order valence-electron chi connectivity index (χ2n) is 3.96. The summed E-state index contributed by atoms with van der Waals surface area (Å²) in [5.41, 5.74) is 6.51. The van der Waals surface area contributed by atoms with Crippen molar-refractivity contribution in [2.24, 2.45) is 5.73 Å². The predicted molar refractivity (Wildman–Crippen MR) is 60.8 cm³/mol. The van der Waals surface area contributed by atoms with Crippen LogP contribution in [0.15, 0.2) is 18.2 Å².